The lowest BCUT2D eigenvalue weighted by atomic mass is 10.0. The van der Waals surface area contributed by atoms with Crippen molar-refractivity contribution in [1.82, 2.24) is 0 Å². The van der Waals surface area contributed by atoms with Gasteiger partial charge in [0.1, 0.15) is 0 Å². The second kappa shape index (κ2) is 6.86. The predicted molar refractivity (Wildman–Crippen MR) is 92.2 cm³/mol. The highest BCUT2D eigenvalue weighted by Gasteiger charge is 2.01. The van der Waals surface area contributed by atoms with Crippen LogP contribution in [0.1, 0.15) is 22.3 Å². The second-order valence-corrected chi connectivity index (χ2v) is 5.35. The highest BCUT2D eigenvalue weighted by Crippen LogP contribution is 2.16. The van der Waals surface area contributed by atoms with Crippen LogP contribution >= 0.6 is 0 Å². The Labute approximate surface area is 130 Å². The Morgan fingerprint density at radius 2 is 1.50 bits per heavy atom. The summed E-state index contributed by atoms with van der Waals surface area (Å²) in [7, 11) is 0. The first-order chi connectivity index (χ1) is 10.8. The molecule has 0 spiro atoms. The molecule has 3 aromatic carbocycles. The van der Waals surface area contributed by atoms with Crippen molar-refractivity contribution in [1.29, 1.82) is 0 Å². The summed E-state index contributed by atoms with van der Waals surface area (Å²) in [5.41, 5.74) is 2.04. The van der Waals surface area contributed by atoms with Crippen LogP contribution in [0.5, 0.6) is 0 Å². The molecule has 1 nitrogen and oxygen atoms in total. The topological polar surface area (TPSA) is 17.1 Å². The molecule has 0 unspecified atom stereocenters. The fourth-order valence-corrected chi connectivity index (χ4v) is 2.52. The molecule has 0 aliphatic carbocycles. The van der Waals surface area contributed by atoms with Gasteiger partial charge < -0.3 is 0 Å². The first-order valence-corrected chi connectivity index (χ1v) is 7.54. The zero-order valence-corrected chi connectivity index (χ0v) is 12.4. The van der Waals surface area contributed by atoms with Crippen molar-refractivity contribution in [2.45, 2.75) is 12.8 Å². The van der Waals surface area contributed by atoms with Gasteiger partial charge >= 0.3 is 0 Å². The Kier molecular flexibility index (Phi) is 4.45. The number of allylic oxidation sites excluding steroid dienone is 2. The van der Waals surface area contributed by atoms with Gasteiger partial charge in [0.2, 0.25) is 0 Å². The third kappa shape index (κ3) is 3.50. The lowest BCUT2D eigenvalue weighted by molar-refractivity contribution is 0.0996. The van der Waals surface area contributed by atoms with Crippen molar-refractivity contribution >= 4 is 16.6 Å². The van der Waals surface area contributed by atoms with E-state index in [1.165, 1.54) is 16.3 Å². The van der Waals surface area contributed by atoms with Crippen molar-refractivity contribution in [2.75, 3.05) is 0 Å². The third-order valence-corrected chi connectivity index (χ3v) is 3.73. The molecule has 0 bridgehead atoms. The SMILES string of the molecule is O=C(C/C=C/Cc1ccc2ccccc2c1)c1ccccc1. The summed E-state index contributed by atoms with van der Waals surface area (Å²) in [6.07, 6.45) is 5.35. The summed E-state index contributed by atoms with van der Waals surface area (Å²) >= 11 is 0. The van der Waals surface area contributed by atoms with E-state index in [0.29, 0.717) is 6.42 Å². The van der Waals surface area contributed by atoms with Crippen LogP contribution < -0.4 is 0 Å². The van der Waals surface area contributed by atoms with Crippen LogP contribution in [-0.2, 0) is 6.42 Å². The van der Waals surface area contributed by atoms with Crippen LogP contribution in [0.4, 0.5) is 0 Å². The molecular weight excluding hydrogens is 268 g/mol. The standard InChI is InChI=1S/C21H18O/c22-21(19-10-2-1-3-11-19)13-7-4-8-17-14-15-18-9-5-6-12-20(18)16-17/h1-7,9-12,14-16H,8,13H2/b7-4+. The number of carbonyl (C=O) groups excluding carboxylic acids is 1. The zero-order chi connectivity index (χ0) is 15.2. The molecule has 3 aromatic rings. The minimum atomic E-state index is 0.162. The van der Waals surface area contributed by atoms with Gasteiger partial charge in [0.15, 0.2) is 5.78 Å². The number of benzene rings is 3. The minimum Gasteiger partial charge on any atom is -0.294 e. The molecule has 0 aliphatic heterocycles. The van der Waals surface area contributed by atoms with E-state index in [1.807, 2.05) is 36.4 Å². The molecule has 108 valence electrons. The molecule has 1 heteroatoms. The Morgan fingerprint density at radius 3 is 2.32 bits per heavy atom. The van der Waals surface area contributed by atoms with Crippen LogP contribution in [0.2, 0.25) is 0 Å². The average Bonchev–Trinajstić information content (AvgIpc) is 2.59. The van der Waals surface area contributed by atoms with E-state index in [9.17, 15) is 4.79 Å². The minimum absolute atomic E-state index is 0.162. The van der Waals surface area contributed by atoms with E-state index in [-0.39, 0.29) is 5.78 Å². The number of carbonyl (C=O) groups is 1. The zero-order valence-electron chi connectivity index (χ0n) is 12.4. The maximum Gasteiger partial charge on any atom is 0.166 e. The molecule has 0 atom stereocenters. The molecule has 22 heavy (non-hydrogen) atoms. The van der Waals surface area contributed by atoms with Crippen molar-refractivity contribution in [2.24, 2.45) is 0 Å². The van der Waals surface area contributed by atoms with Crippen molar-refractivity contribution in [3.8, 4) is 0 Å². The molecule has 0 heterocycles. The monoisotopic (exact) mass is 286 g/mol. The Hall–Kier alpha value is -2.67. The summed E-state index contributed by atoms with van der Waals surface area (Å²) in [6, 6.07) is 24.3. The second-order valence-electron chi connectivity index (χ2n) is 5.35. The smallest absolute Gasteiger partial charge is 0.166 e. The highest BCUT2D eigenvalue weighted by molar-refractivity contribution is 5.96. The molecule has 0 radical (unpaired) electrons. The molecule has 0 aliphatic rings. The van der Waals surface area contributed by atoms with Gasteiger partial charge in [-0.25, -0.2) is 0 Å². The number of Topliss-reactive ketones (excluding diaryl/α,β-unsaturated/α-hetero) is 1. The quantitative estimate of drug-likeness (QED) is 0.464. The summed E-state index contributed by atoms with van der Waals surface area (Å²) < 4.78 is 0. The van der Waals surface area contributed by atoms with Crippen LogP contribution in [0.15, 0.2) is 84.9 Å². The van der Waals surface area contributed by atoms with Crippen LogP contribution in [0.3, 0.4) is 0 Å². The fraction of sp³-hybridized carbons (Fsp3) is 0.0952. The predicted octanol–water partition coefficient (Wildman–Crippen LogP) is 5.21. The molecule has 0 saturated heterocycles. The van der Waals surface area contributed by atoms with Crippen molar-refractivity contribution in [3.63, 3.8) is 0 Å². The highest BCUT2D eigenvalue weighted by atomic mass is 16.1. The van der Waals surface area contributed by atoms with E-state index in [1.54, 1.807) is 0 Å². The van der Waals surface area contributed by atoms with Gasteiger partial charge in [0.05, 0.1) is 0 Å². The van der Waals surface area contributed by atoms with Gasteiger partial charge in [0, 0.05) is 12.0 Å². The fourth-order valence-electron chi connectivity index (χ4n) is 2.52. The van der Waals surface area contributed by atoms with Crippen molar-refractivity contribution < 1.29 is 4.79 Å². The van der Waals surface area contributed by atoms with Crippen LogP contribution in [0, 0.1) is 0 Å². The molecule has 0 aromatic heterocycles. The first-order valence-electron chi connectivity index (χ1n) is 7.54. The first kappa shape index (κ1) is 14.3. The maximum atomic E-state index is 12.0. The van der Waals surface area contributed by atoms with Crippen molar-refractivity contribution in [3.05, 3.63) is 96.1 Å². The van der Waals surface area contributed by atoms with E-state index >= 15 is 0 Å². The normalized spacial score (nSPS) is 11.1. The number of hydrogen-bond donors (Lipinski definition) is 0. The number of rotatable bonds is 5. The summed E-state index contributed by atoms with van der Waals surface area (Å²) in [5, 5.41) is 2.52. The van der Waals surface area contributed by atoms with Crippen LogP contribution in [-0.4, -0.2) is 5.78 Å². The lowest BCUT2D eigenvalue weighted by Gasteiger charge is -2.01. The largest absolute Gasteiger partial charge is 0.294 e. The summed E-state index contributed by atoms with van der Waals surface area (Å²) in [6.45, 7) is 0. The van der Waals surface area contributed by atoms with Gasteiger partial charge in [-0.15, -0.1) is 0 Å². The van der Waals surface area contributed by atoms with Gasteiger partial charge in [0.25, 0.3) is 0 Å². The number of ketones is 1. The third-order valence-electron chi connectivity index (χ3n) is 3.73. The van der Waals surface area contributed by atoms with E-state index in [2.05, 4.69) is 48.5 Å². The lowest BCUT2D eigenvalue weighted by Crippen LogP contribution is -1.96. The molecule has 0 amide bonds. The van der Waals surface area contributed by atoms with E-state index < -0.39 is 0 Å². The summed E-state index contributed by atoms with van der Waals surface area (Å²) in [4.78, 5) is 12.0. The van der Waals surface area contributed by atoms with Gasteiger partial charge in [-0.2, -0.15) is 0 Å². The maximum absolute atomic E-state index is 12.0. The molecule has 3 rings (SSSR count). The molecular formula is C21H18O. The van der Waals surface area contributed by atoms with Gasteiger partial charge in [-0.05, 0) is 22.8 Å². The van der Waals surface area contributed by atoms with Gasteiger partial charge in [-0.1, -0.05) is 84.9 Å². The average molecular weight is 286 g/mol. The Morgan fingerprint density at radius 1 is 0.773 bits per heavy atom. The van der Waals surface area contributed by atoms with Gasteiger partial charge in [-0.3, -0.25) is 4.79 Å². The van der Waals surface area contributed by atoms with Crippen LogP contribution in [0.25, 0.3) is 10.8 Å². The van der Waals surface area contributed by atoms with E-state index in [4.69, 9.17) is 0 Å². The number of fused-ring (bicyclic) bond motifs is 1. The Balaban J connectivity index is 1.60. The number of hydrogen-bond acceptors (Lipinski definition) is 1. The van der Waals surface area contributed by atoms with E-state index in [0.717, 1.165) is 12.0 Å². The summed E-state index contributed by atoms with van der Waals surface area (Å²) in [5.74, 6) is 0.162. The molecule has 0 saturated carbocycles. The Bertz CT molecular complexity index is 800. The molecule has 0 N–H and O–H groups in total. The molecule has 0 fully saturated rings.